The highest BCUT2D eigenvalue weighted by Crippen LogP contribution is 2.10. The van der Waals surface area contributed by atoms with Gasteiger partial charge in [-0.15, -0.1) is 0 Å². The van der Waals surface area contributed by atoms with Crippen LogP contribution in [0.15, 0.2) is 29.3 Å². The van der Waals surface area contributed by atoms with Crippen LogP contribution in [0.1, 0.15) is 5.56 Å². The third-order valence-corrected chi connectivity index (χ3v) is 2.70. The topological polar surface area (TPSA) is 71.1 Å². The van der Waals surface area contributed by atoms with Gasteiger partial charge < -0.3 is 20.5 Å². The molecule has 5 nitrogen and oxygen atoms in total. The van der Waals surface area contributed by atoms with Gasteiger partial charge in [0, 0.05) is 13.1 Å². The third-order valence-electron chi connectivity index (χ3n) is 2.70. The minimum Gasteiger partial charge on any atom is -0.508 e. The van der Waals surface area contributed by atoms with E-state index in [2.05, 4.69) is 4.99 Å². The molecule has 0 atom stereocenters. The minimum atomic E-state index is 0.263. The summed E-state index contributed by atoms with van der Waals surface area (Å²) in [5.74, 6) is 0.820. The lowest BCUT2D eigenvalue weighted by Crippen LogP contribution is -2.44. The molecule has 0 aromatic heterocycles. The molecule has 1 aliphatic heterocycles. The summed E-state index contributed by atoms with van der Waals surface area (Å²) in [6.07, 6.45) is 0. The highest BCUT2D eigenvalue weighted by Gasteiger charge is 2.11. The fourth-order valence-electron chi connectivity index (χ4n) is 1.67. The van der Waals surface area contributed by atoms with Crippen molar-refractivity contribution in [1.82, 2.24) is 4.90 Å². The van der Waals surface area contributed by atoms with Gasteiger partial charge >= 0.3 is 0 Å². The number of aromatic hydroxyl groups is 1. The standard InChI is InChI=1S/C12H17N3O2/c13-12(15-5-7-17-8-6-15)14-9-10-1-3-11(16)4-2-10/h1-4,16H,5-9H2,(H2,13,14). The minimum absolute atomic E-state index is 0.263. The number of hydrogen-bond donors (Lipinski definition) is 2. The fraction of sp³-hybridized carbons (Fsp3) is 0.417. The summed E-state index contributed by atoms with van der Waals surface area (Å²) in [6.45, 7) is 3.53. The maximum Gasteiger partial charge on any atom is 0.191 e. The average molecular weight is 235 g/mol. The molecule has 0 saturated carbocycles. The molecule has 1 fully saturated rings. The first kappa shape index (κ1) is 11.7. The Bertz CT molecular complexity index is 383. The Balaban J connectivity index is 1.92. The number of nitrogens with two attached hydrogens (primary N) is 1. The van der Waals surface area contributed by atoms with Crippen molar-refractivity contribution in [2.45, 2.75) is 6.54 Å². The van der Waals surface area contributed by atoms with Crippen LogP contribution in [0.4, 0.5) is 0 Å². The van der Waals surface area contributed by atoms with Gasteiger partial charge in [-0.3, -0.25) is 0 Å². The van der Waals surface area contributed by atoms with E-state index in [1.807, 2.05) is 17.0 Å². The summed E-state index contributed by atoms with van der Waals surface area (Å²) in [7, 11) is 0. The van der Waals surface area contributed by atoms with Crippen molar-refractivity contribution < 1.29 is 9.84 Å². The van der Waals surface area contributed by atoms with Crippen LogP contribution in [-0.4, -0.2) is 42.3 Å². The second-order valence-corrected chi connectivity index (χ2v) is 3.94. The van der Waals surface area contributed by atoms with E-state index in [-0.39, 0.29) is 5.75 Å². The van der Waals surface area contributed by atoms with Gasteiger partial charge in [-0.2, -0.15) is 0 Å². The Kier molecular flexibility index (Phi) is 3.82. The molecule has 0 aliphatic carbocycles. The van der Waals surface area contributed by atoms with Gasteiger partial charge in [0.2, 0.25) is 0 Å². The normalized spacial score (nSPS) is 17.2. The predicted molar refractivity (Wildman–Crippen MR) is 65.8 cm³/mol. The van der Waals surface area contributed by atoms with E-state index < -0.39 is 0 Å². The van der Waals surface area contributed by atoms with Crippen LogP contribution in [0.5, 0.6) is 5.75 Å². The Morgan fingerprint density at radius 1 is 1.29 bits per heavy atom. The van der Waals surface area contributed by atoms with Crippen molar-refractivity contribution in [2.75, 3.05) is 26.3 Å². The lowest BCUT2D eigenvalue weighted by Gasteiger charge is -2.27. The molecule has 1 heterocycles. The van der Waals surface area contributed by atoms with Crippen LogP contribution in [0.3, 0.4) is 0 Å². The number of nitrogens with zero attached hydrogens (tertiary/aromatic N) is 2. The number of aliphatic imine (C=N–C) groups is 1. The quantitative estimate of drug-likeness (QED) is 0.579. The first-order valence-corrected chi connectivity index (χ1v) is 5.66. The molecule has 92 valence electrons. The fourth-order valence-corrected chi connectivity index (χ4v) is 1.67. The van der Waals surface area contributed by atoms with Gasteiger partial charge in [-0.1, -0.05) is 12.1 Å². The summed E-state index contributed by atoms with van der Waals surface area (Å²) in [6, 6.07) is 6.97. The summed E-state index contributed by atoms with van der Waals surface area (Å²) in [4.78, 5) is 6.35. The smallest absolute Gasteiger partial charge is 0.191 e. The van der Waals surface area contributed by atoms with E-state index in [1.54, 1.807) is 12.1 Å². The van der Waals surface area contributed by atoms with Crippen molar-refractivity contribution in [3.8, 4) is 5.75 Å². The summed E-state index contributed by atoms with van der Waals surface area (Å²) in [5, 5.41) is 9.16. The molecule has 3 N–H and O–H groups in total. The van der Waals surface area contributed by atoms with Crippen LogP contribution < -0.4 is 5.73 Å². The van der Waals surface area contributed by atoms with Crippen LogP contribution in [0.2, 0.25) is 0 Å². The number of guanidine groups is 1. The molecule has 1 aromatic carbocycles. The van der Waals surface area contributed by atoms with E-state index in [1.165, 1.54) is 0 Å². The van der Waals surface area contributed by atoms with Crippen molar-refractivity contribution in [3.63, 3.8) is 0 Å². The lowest BCUT2D eigenvalue weighted by molar-refractivity contribution is 0.0674. The summed E-state index contributed by atoms with van der Waals surface area (Å²) in [5.41, 5.74) is 6.92. The Morgan fingerprint density at radius 2 is 1.94 bits per heavy atom. The maximum absolute atomic E-state index is 9.16. The molecule has 5 heteroatoms. The second-order valence-electron chi connectivity index (χ2n) is 3.94. The molecule has 1 aliphatic rings. The van der Waals surface area contributed by atoms with Gasteiger partial charge in [-0.25, -0.2) is 4.99 Å². The number of ether oxygens (including phenoxy) is 1. The van der Waals surface area contributed by atoms with Gasteiger partial charge in [0.25, 0.3) is 0 Å². The van der Waals surface area contributed by atoms with E-state index in [4.69, 9.17) is 15.6 Å². The molecular weight excluding hydrogens is 218 g/mol. The Labute approximate surface area is 101 Å². The highest BCUT2D eigenvalue weighted by atomic mass is 16.5. The van der Waals surface area contributed by atoms with Crippen LogP contribution in [0.25, 0.3) is 0 Å². The molecule has 0 radical (unpaired) electrons. The molecule has 0 spiro atoms. The molecule has 0 amide bonds. The molecule has 0 unspecified atom stereocenters. The van der Waals surface area contributed by atoms with Gasteiger partial charge in [0.05, 0.1) is 19.8 Å². The monoisotopic (exact) mass is 235 g/mol. The zero-order chi connectivity index (χ0) is 12.1. The van der Waals surface area contributed by atoms with Crippen LogP contribution in [-0.2, 0) is 11.3 Å². The molecule has 1 saturated heterocycles. The van der Waals surface area contributed by atoms with E-state index in [0.717, 1.165) is 18.7 Å². The Morgan fingerprint density at radius 3 is 2.59 bits per heavy atom. The zero-order valence-electron chi connectivity index (χ0n) is 9.67. The third kappa shape index (κ3) is 3.35. The SMILES string of the molecule is NC(=NCc1ccc(O)cc1)N1CCOCC1. The second kappa shape index (κ2) is 5.54. The Hall–Kier alpha value is -1.75. The van der Waals surface area contributed by atoms with Crippen molar-refractivity contribution in [1.29, 1.82) is 0 Å². The van der Waals surface area contributed by atoms with Gasteiger partial charge in [-0.05, 0) is 17.7 Å². The first-order chi connectivity index (χ1) is 8.25. The van der Waals surface area contributed by atoms with E-state index >= 15 is 0 Å². The van der Waals surface area contributed by atoms with E-state index in [9.17, 15) is 0 Å². The summed E-state index contributed by atoms with van der Waals surface area (Å²) < 4.78 is 5.25. The molecular formula is C12H17N3O2. The number of benzene rings is 1. The largest absolute Gasteiger partial charge is 0.508 e. The van der Waals surface area contributed by atoms with Crippen molar-refractivity contribution >= 4 is 5.96 Å². The average Bonchev–Trinajstić information content (AvgIpc) is 2.39. The number of rotatable bonds is 2. The van der Waals surface area contributed by atoms with Crippen molar-refractivity contribution in [2.24, 2.45) is 10.7 Å². The van der Waals surface area contributed by atoms with Crippen LogP contribution >= 0.6 is 0 Å². The number of phenolic OH excluding ortho intramolecular Hbond substituents is 1. The highest BCUT2D eigenvalue weighted by molar-refractivity contribution is 5.78. The van der Waals surface area contributed by atoms with Crippen molar-refractivity contribution in [3.05, 3.63) is 29.8 Å². The molecule has 2 rings (SSSR count). The number of morpholine rings is 1. The predicted octanol–water partition coefficient (Wildman–Crippen LogP) is 0.539. The molecule has 1 aromatic rings. The first-order valence-electron chi connectivity index (χ1n) is 5.66. The van der Waals surface area contributed by atoms with Gasteiger partial charge in [0.1, 0.15) is 5.75 Å². The van der Waals surface area contributed by atoms with Crippen LogP contribution in [0, 0.1) is 0 Å². The van der Waals surface area contributed by atoms with E-state index in [0.29, 0.717) is 25.7 Å². The maximum atomic E-state index is 9.16. The lowest BCUT2D eigenvalue weighted by atomic mass is 10.2. The number of hydrogen-bond acceptors (Lipinski definition) is 3. The number of phenols is 1. The summed E-state index contributed by atoms with van der Waals surface area (Å²) >= 11 is 0. The molecule has 0 bridgehead atoms. The molecule has 17 heavy (non-hydrogen) atoms. The van der Waals surface area contributed by atoms with Gasteiger partial charge in [0.15, 0.2) is 5.96 Å². The zero-order valence-corrected chi connectivity index (χ0v) is 9.67.